The molecule has 0 saturated carbocycles. The largest absolute Gasteiger partial charge is 0.343 e. The van der Waals surface area contributed by atoms with E-state index in [-0.39, 0.29) is 54.5 Å². The third kappa shape index (κ3) is 30.8. The summed E-state index contributed by atoms with van der Waals surface area (Å²) < 4.78 is 0. The molecule has 0 spiro atoms. The van der Waals surface area contributed by atoms with Gasteiger partial charge in [-0.1, -0.05) is 29.7 Å². The molecule has 0 aromatic carbocycles. The Bertz CT molecular complexity index is 446. The van der Waals surface area contributed by atoms with Gasteiger partial charge in [0.05, 0.1) is 19.8 Å². The molecule has 0 heterocycles. The minimum absolute atomic E-state index is 0. The number of hydrogen-bond acceptors (Lipinski definition) is 9. The maximum absolute atomic E-state index is 11.0. The first-order chi connectivity index (χ1) is 11.6. The number of rotatable bonds is 10. The molecule has 178 valence electrons. The van der Waals surface area contributed by atoms with E-state index in [9.17, 15) is 19.2 Å². The second-order valence-electron chi connectivity index (χ2n) is 4.79. The van der Waals surface area contributed by atoms with Crippen LogP contribution in [0.15, 0.2) is 0 Å². The van der Waals surface area contributed by atoms with E-state index in [0.717, 1.165) is 0 Å². The van der Waals surface area contributed by atoms with Gasteiger partial charge in [0, 0.05) is 0 Å². The van der Waals surface area contributed by atoms with Crippen LogP contribution < -0.4 is 31.9 Å². The van der Waals surface area contributed by atoms with E-state index in [1.165, 1.54) is 14.0 Å². The lowest BCUT2D eigenvalue weighted by atomic mass is 10.3. The van der Waals surface area contributed by atoms with Gasteiger partial charge in [0.2, 0.25) is 17.7 Å². The standard InChI is InChI=1S/C7H16N4O4.C6H12N2O2.4CH4/c1-8-4-10-5(12)3-6(13)11-7(14,15)9-2;1-5(9)3-6(10)8-4-7-2;;;;/h8-9,14-15H,3-4H2,1-2H3,(H,10,12)(H,11,13);7H,3-4H2,1-2H3,(H,8,10);4*1H4. The van der Waals surface area contributed by atoms with Crippen molar-refractivity contribution in [3.63, 3.8) is 0 Å². The normalized spacial score (nSPS) is 8.76. The summed E-state index contributed by atoms with van der Waals surface area (Å²) in [6, 6.07) is -2.50. The van der Waals surface area contributed by atoms with Gasteiger partial charge >= 0.3 is 6.03 Å². The van der Waals surface area contributed by atoms with E-state index >= 15 is 0 Å². The van der Waals surface area contributed by atoms with Gasteiger partial charge in [-0.3, -0.25) is 29.8 Å². The van der Waals surface area contributed by atoms with Gasteiger partial charge in [-0.2, -0.15) is 0 Å². The summed E-state index contributed by atoms with van der Waals surface area (Å²) in [4.78, 5) is 43.0. The van der Waals surface area contributed by atoms with E-state index < -0.39 is 24.3 Å². The molecular weight excluding hydrogens is 384 g/mol. The van der Waals surface area contributed by atoms with Gasteiger partial charge in [-0.25, -0.2) is 0 Å². The molecule has 0 unspecified atom stereocenters. The average Bonchev–Trinajstić information content (AvgIpc) is 2.50. The first-order valence-corrected chi connectivity index (χ1v) is 7.34. The van der Waals surface area contributed by atoms with Gasteiger partial charge in [-0.15, -0.1) is 0 Å². The van der Waals surface area contributed by atoms with Crippen molar-refractivity contribution in [3.8, 4) is 0 Å². The Labute approximate surface area is 175 Å². The van der Waals surface area contributed by atoms with Crippen molar-refractivity contribution >= 4 is 23.5 Å². The minimum atomic E-state index is -2.50. The topological polar surface area (TPSA) is 181 Å². The number of carbonyl (C=O) groups excluding carboxylic acids is 4. The van der Waals surface area contributed by atoms with Crippen LogP contribution in [0.3, 0.4) is 0 Å². The fraction of sp³-hybridized carbons (Fsp3) is 0.765. The molecule has 0 aromatic heterocycles. The fourth-order valence-corrected chi connectivity index (χ4v) is 1.17. The van der Waals surface area contributed by atoms with Gasteiger partial charge in [-0.05, 0) is 28.1 Å². The molecular formula is C17H44N6O6. The molecule has 0 aliphatic carbocycles. The molecule has 0 rings (SSSR count). The lowest BCUT2D eigenvalue weighted by Crippen LogP contribution is -2.58. The van der Waals surface area contributed by atoms with Crippen molar-refractivity contribution in [3.05, 3.63) is 0 Å². The number of hydrogen-bond donors (Lipinski definition) is 8. The van der Waals surface area contributed by atoms with Crippen LogP contribution in [0.2, 0.25) is 0 Å². The van der Waals surface area contributed by atoms with E-state index in [1.807, 2.05) is 5.32 Å². The predicted octanol–water partition coefficient (Wildman–Crippen LogP) is -1.60. The van der Waals surface area contributed by atoms with Crippen molar-refractivity contribution in [2.45, 2.75) is 55.5 Å². The highest BCUT2D eigenvalue weighted by molar-refractivity contribution is 5.97. The highest BCUT2D eigenvalue weighted by atomic mass is 16.5. The Morgan fingerprint density at radius 3 is 1.41 bits per heavy atom. The molecule has 12 heteroatoms. The monoisotopic (exact) mass is 428 g/mol. The number of aliphatic hydroxyl groups is 2. The van der Waals surface area contributed by atoms with Crippen LogP contribution in [0, 0.1) is 0 Å². The van der Waals surface area contributed by atoms with Crippen LogP contribution >= 0.6 is 0 Å². The molecule has 29 heavy (non-hydrogen) atoms. The zero-order valence-electron chi connectivity index (χ0n) is 14.9. The van der Waals surface area contributed by atoms with Crippen molar-refractivity contribution in [1.82, 2.24) is 31.9 Å². The van der Waals surface area contributed by atoms with Crippen molar-refractivity contribution in [2.75, 3.05) is 34.5 Å². The van der Waals surface area contributed by atoms with Gasteiger partial charge in [0.15, 0.2) is 0 Å². The number of Topliss-reactive ketones (excluding diaryl/α,β-unsaturated/α-hetero) is 1. The van der Waals surface area contributed by atoms with Gasteiger partial charge in [0.1, 0.15) is 12.2 Å². The van der Waals surface area contributed by atoms with Crippen LogP contribution in [-0.2, 0) is 19.2 Å². The van der Waals surface area contributed by atoms with Crippen molar-refractivity contribution in [2.24, 2.45) is 0 Å². The molecule has 0 aliphatic heterocycles. The van der Waals surface area contributed by atoms with Gasteiger partial charge in [0.25, 0.3) is 0 Å². The smallest absolute Gasteiger partial charge is 0.311 e. The number of ketones is 1. The Kier molecular flexibility index (Phi) is 34.1. The fourth-order valence-electron chi connectivity index (χ4n) is 1.17. The molecule has 0 radical (unpaired) electrons. The first-order valence-electron chi connectivity index (χ1n) is 7.34. The maximum Gasteiger partial charge on any atom is 0.311 e. The number of carbonyl (C=O) groups is 4. The minimum Gasteiger partial charge on any atom is -0.343 e. The lowest BCUT2D eigenvalue weighted by Gasteiger charge is -2.21. The molecule has 0 saturated heterocycles. The summed E-state index contributed by atoms with van der Waals surface area (Å²) in [7, 11) is 4.59. The Balaban J connectivity index is -0.0000000847. The lowest BCUT2D eigenvalue weighted by molar-refractivity contribution is -0.206. The average molecular weight is 429 g/mol. The van der Waals surface area contributed by atoms with E-state index in [4.69, 9.17) is 10.2 Å². The van der Waals surface area contributed by atoms with Crippen LogP contribution in [-0.4, -0.2) is 74.2 Å². The number of nitrogens with one attached hydrogen (secondary N) is 6. The highest BCUT2D eigenvalue weighted by Crippen LogP contribution is 1.88. The summed E-state index contributed by atoms with van der Waals surface area (Å²) in [5.41, 5.74) is 0. The summed E-state index contributed by atoms with van der Waals surface area (Å²) >= 11 is 0. The second kappa shape index (κ2) is 23.9. The molecule has 0 fully saturated rings. The first kappa shape index (κ1) is 41.3. The van der Waals surface area contributed by atoms with Crippen molar-refractivity contribution in [1.29, 1.82) is 0 Å². The summed E-state index contributed by atoms with van der Waals surface area (Å²) in [5, 5.41) is 32.0. The molecule has 0 bridgehead atoms. The van der Waals surface area contributed by atoms with Gasteiger partial charge < -0.3 is 31.5 Å². The zero-order valence-corrected chi connectivity index (χ0v) is 14.9. The van der Waals surface area contributed by atoms with Crippen LogP contribution in [0.1, 0.15) is 49.5 Å². The summed E-state index contributed by atoms with van der Waals surface area (Å²) in [5.74, 6) is -1.67. The molecule has 3 amide bonds. The third-order valence-electron chi connectivity index (χ3n) is 2.32. The van der Waals surface area contributed by atoms with Crippen LogP contribution in [0.4, 0.5) is 0 Å². The maximum atomic E-state index is 11.0. The van der Waals surface area contributed by atoms with E-state index in [0.29, 0.717) is 6.67 Å². The quantitative estimate of drug-likeness (QED) is 0.150. The Morgan fingerprint density at radius 2 is 1.10 bits per heavy atom. The van der Waals surface area contributed by atoms with E-state index in [2.05, 4.69) is 21.3 Å². The summed E-state index contributed by atoms with van der Waals surface area (Å²) in [6.45, 7) is 2.03. The van der Waals surface area contributed by atoms with E-state index in [1.54, 1.807) is 19.4 Å². The van der Waals surface area contributed by atoms with Crippen LogP contribution in [0.25, 0.3) is 0 Å². The van der Waals surface area contributed by atoms with Crippen LogP contribution in [0.5, 0.6) is 0 Å². The van der Waals surface area contributed by atoms with Crippen molar-refractivity contribution < 1.29 is 29.4 Å². The number of amides is 3. The molecule has 0 aromatic rings. The second-order valence-corrected chi connectivity index (χ2v) is 4.79. The Hall–Kier alpha value is -2.12. The third-order valence-corrected chi connectivity index (χ3v) is 2.32. The highest BCUT2D eigenvalue weighted by Gasteiger charge is 2.23. The zero-order chi connectivity index (χ0) is 19.9. The Morgan fingerprint density at radius 1 is 0.724 bits per heavy atom. The molecule has 0 atom stereocenters. The molecule has 12 nitrogen and oxygen atoms in total. The SMILES string of the molecule is C.C.C.C.CNCNC(=O)CC(=O)NC(O)(O)NC.CNCNC(=O)CC(C)=O. The predicted molar refractivity (Wildman–Crippen MR) is 115 cm³/mol. The summed E-state index contributed by atoms with van der Waals surface area (Å²) in [6.07, 6.45) is -0.506. The molecule has 8 N–H and O–H groups in total. The molecule has 0 aliphatic rings.